The minimum Gasteiger partial charge on any atom is -0.481 e. The highest BCUT2D eigenvalue weighted by Crippen LogP contribution is 2.20. The van der Waals surface area contributed by atoms with Crippen molar-refractivity contribution in [1.29, 1.82) is 0 Å². The van der Waals surface area contributed by atoms with E-state index in [0.29, 0.717) is 18.0 Å². The van der Waals surface area contributed by atoms with E-state index in [-0.39, 0.29) is 5.91 Å². The van der Waals surface area contributed by atoms with Crippen LogP contribution >= 0.6 is 0 Å². The number of aromatic nitrogens is 3. The van der Waals surface area contributed by atoms with E-state index in [2.05, 4.69) is 20.3 Å². The van der Waals surface area contributed by atoms with E-state index in [1.54, 1.807) is 30.7 Å². The molecule has 0 aliphatic rings. The van der Waals surface area contributed by atoms with Crippen molar-refractivity contribution in [3.05, 3.63) is 72.3 Å². The third kappa shape index (κ3) is 3.55. The summed E-state index contributed by atoms with van der Waals surface area (Å²) in [7, 11) is 1.53. The van der Waals surface area contributed by atoms with E-state index in [4.69, 9.17) is 4.74 Å². The molecule has 6 heteroatoms. The molecule has 120 valence electrons. The number of hydrogen-bond donors (Lipinski definition) is 1. The van der Waals surface area contributed by atoms with Crippen molar-refractivity contribution in [3.63, 3.8) is 0 Å². The Morgan fingerprint density at radius 1 is 1.08 bits per heavy atom. The summed E-state index contributed by atoms with van der Waals surface area (Å²) >= 11 is 0. The lowest BCUT2D eigenvalue weighted by molar-refractivity contribution is 0.0950. The van der Waals surface area contributed by atoms with Crippen molar-refractivity contribution in [2.24, 2.45) is 0 Å². The average Bonchev–Trinajstić information content (AvgIpc) is 2.67. The molecule has 0 spiro atoms. The standard InChI is InChI=1S/C18H16N4O2/c1-24-16-5-4-15(12-21-16)18(23)22-11-14-3-2-8-20-17(14)13-6-9-19-10-7-13/h2-10,12H,11H2,1H3,(H,22,23). The molecular weight excluding hydrogens is 304 g/mol. The highest BCUT2D eigenvalue weighted by Gasteiger charge is 2.10. The Labute approximate surface area is 139 Å². The lowest BCUT2D eigenvalue weighted by Crippen LogP contribution is -2.23. The van der Waals surface area contributed by atoms with Gasteiger partial charge in [0.25, 0.3) is 5.91 Å². The number of carbonyl (C=O) groups is 1. The Morgan fingerprint density at radius 3 is 2.62 bits per heavy atom. The molecule has 0 saturated carbocycles. The smallest absolute Gasteiger partial charge is 0.253 e. The van der Waals surface area contributed by atoms with Gasteiger partial charge in [0, 0.05) is 43.0 Å². The molecule has 1 amide bonds. The van der Waals surface area contributed by atoms with Crippen LogP contribution in [-0.2, 0) is 6.54 Å². The molecule has 3 aromatic heterocycles. The molecule has 1 N–H and O–H groups in total. The molecule has 24 heavy (non-hydrogen) atoms. The first kappa shape index (κ1) is 15.6. The van der Waals surface area contributed by atoms with Crippen LogP contribution in [0.1, 0.15) is 15.9 Å². The first-order valence-corrected chi connectivity index (χ1v) is 7.40. The second-order valence-electron chi connectivity index (χ2n) is 5.02. The maximum Gasteiger partial charge on any atom is 0.253 e. The third-order valence-electron chi connectivity index (χ3n) is 3.49. The minimum atomic E-state index is -0.199. The van der Waals surface area contributed by atoms with Gasteiger partial charge in [0.1, 0.15) is 0 Å². The Hall–Kier alpha value is -3.28. The van der Waals surface area contributed by atoms with Gasteiger partial charge in [-0.05, 0) is 29.8 Å². The zero-order valence-electron chi connectivity index (χ0n) is 13.1. The molecule has 3 heterocycles. The number of pyridine rings is 3. The molecule has 0 aromatic carbocycles. The van der Waals surface area contributed by atoms with Crippen molar-refractivity contribution in [2.75, 3.05) is 7.11 Å². The normalized spacial score (nSPS) is 10.2. The van der Waals surface area contributed by atoms with E-state index < -0.39 is 0 Å². The average molecular weight is 320 g/mol. The van der Waals surface area contributed by atoms with Gasteiger partial charge < -0.3 is 10.1 Å². The van der Waals surface area contributed by atoms with Crippen molar-refractivity contribution in [1.82, 2.24) is 20.3 Å². The number of hydrogen-bond acceptors (Lipinski definition) is 5. The summed E-state index contributed by atoms with van der Waals surface area (Å²) in [5, 5.41) is 2.89. The number of methoxy groups -OCH3 is 1. The topological polar surface area (TPSA) is 77.0 Å². The van der Waals surface area contributed by atoms with Gasteiger partial charge in [0.2, 0.25) is 5.88 Å². The summed E-state index contributed by atoms with van der Waals surface area (Å²) in [6.07, 6.45) is 6.65. The predicted octanol–water partition coefficient (Wildman–Crippen LogP) is 2.48. The van der Waals surface area contributed by atoms with Crippen molar-refractivity contribution in [2.45, 2.75) is 6.54 Å². The van der Waals surface area contributed by atoms with Gasteiger partial charge in [-0.2, -0.15) is 0 Å². The molecule has 0 fully saturated rings. The summed E-state index contributed by atoms with van der Waals surface area (Å²) in [5.74, 6) is 0.272. The van der Waals surface area contributed by atoms with Crippen LogP contribution in [0.3, 0.4) is 0 Å². The van der Waals surface area contributed by atoms with Crippen LogP contribution in [0.2, 0.25) is 0 Å². The van der Waals surface area contributed by atoms with E-state index in [0.717, 1.165) is 16.8 Å². The van der Waals surface area contributed by atoms with Crippen molar-refractivity contribution in [3.8, 4) is 17.1 Å². The fourth-order valence-electron chi connectivity index (χ4n) is 2.26. The number of rotatable bonds is 5. The number of amides is 1. The number of nitrogens with one attached hydrogen (secondary N) is 1. The van der Waals surface area contributed by atoms with Crippen LogP contribution < -0.4 is 10.1 Å². The second kappa shape index (κ2) is 7.32. The zero-order chi connectivity index (χ0) is 16.8. The monoisotopic (exact) mass is 320 g/mol. The molecule has 3 aromatic rings. The molecule has 0 atom stereocenters. The zero-order valence-corrected chi connectivity index (χ0v) is 13.1. The minimum absolute atomic E-state index is 0.199. The summed E-state index contributed by atoms with van der Waals surface area (Å²) < 4.78 is 4.99. The summed E-state index contributed by atoms with van der Waals surface area (Å²) in [6.45, 7) is 0.371. The van der Waals surface area contributed by atoms with E-state index in [1.165, 1.54) is 13.3 Å². The molecule has 0 saturated heterocycles. The van der Waals surface area contributed by atoms with Crippen LogP contribution in [0.15, 0.2) is 61.2 Å². The maximum absolute atomic E-state index is 12.2. The molecule has 0 bridgehead atoms. The van der Waals surface area contributed by atoms with Gasteiger partial charge in [-0.1, -0.05) is 6.07 Å². The molecule has 0 aliphatic heterocycles. The van der Waals surface area contributed by atoms with E-state index in [1.807, 2.05) is 24.3 Å². The molecule has 6 nitrogen and oxygen atoms in total. The van der Waals surface area contributed by atoms with Crippen molar-refractivity contribution < 1.29 is 9.53 Å². The van der Waals surface area contributed by atoms with Gasteiger partial charge in [-0.15, -0.1) is 0 Å². The maximum atomic E-state index is 12.2. The Balaban J connectivity index is 1.74. The Morgan fingerprint density at radius 2 is 1.92 bits per heavy atom. The summed E-state index contributed by atoms with van der Waals surface area (Å²) in [4.78, 5) is 24.7. The first-order valence-electron chi connectivity index (χ1n) is 7.40. The largest absolute Gasteiger partial charge is 0.481 e. The second-order valence-corrected chi connectivity index (χ2v) is 5.02. The molecule has 0 aliphatic carbocycles. The lowest BCUT2D eigenvalue weighted by atomic mass is 10.1. The predicted molar refractivity (Wildman–Crippen MR) is 89.4 cm³/mol. The van der Waals surface area contributed by atoms with Crippen LogP contribution in [0.5, 0.6) is 5.88 Å². The van der Waals surface area contributed by atoms with Gasteiger partial charge in [0.15, 0.2) is 0 Å². The lowest BCUT2D eigenvalue weighted by Gasteiger charge is -2.10. The first-order chi connectivity index (χ1) is 11.8. The summed E-state index contributed by atoms with van der Waals surface area (Å²) in [5.41, 5.74) is 3.19. The van der Waals surface area contributed by atoms with Crippen LogP contribution in [0.25, 0.3) is 11.3 Å². The van der Waals surface area contributed by atoms with Crippen molar-refractivity contribution >= 4 is 5.91 Å². The third-order valence-corrected chi connectivity index (χ3v) is 3.49. The number of nitrogens with zero attached hydrogens (tertiary/aromatic N) is 3. The highest BCUT2D eigenvalue weighted by atomic mass is 16.5. The highest BCUT2D eigenvalue weighted by molar-refractivity contribution is 5.93. The molecule has 0 radical (unpaired) electrons. The molecule has 3 rings (SSSR count). The van der Waals surface area contributed by atoms with Crippen LogP contribution in [0.4, 0.5) is 0 Å². The fourth-order valence-corrected chi connectivity index (χ4v) is 2.26. The Bertz CT molecular complexity index is 820. The van der Waals surface area contributed by atoms with Gasteiger partial charge in [-0.3, -0.25) is 14.8 Å². The quantitative estimate of drug-likeness (QED) is 0.781. The van der Waals surface area contributed by atoms with Gasteiger partial charge in [0.05, 0.1) is 18.4 Å². The van der Waals surface area contributed by atoms with Crippen LogP contribution in [-0.4, -0.2) is 28.0 Å². The number of ether oxygens (including phenoxy) is 1. The van der Waals surface area contributed by atoms with E-state index >= 15 is 0 Å². The van der Waals surface area contributed by atoms with Crippen LogP contribution in [0, 0.1) is 0 Å². The van der Waals surface area contributed by atoms with E-state index in [9.17, 15) is 4.79 Å². The summed E-state index contributed by atoms with van der Waals surface area (Å²) in [6, 6.07) is 10.9. The SMILES string of the molecule is COc1ccc(C(=O)NCc2cccnc2-c2ccncc2)cn1. The molecular formula is C18H16N4O2. The molecule has 0 unspecified atom stereocenters. The Kier molecular flexibility index (Phi) is 4.76. The van der Waals surface area contributed by atoms with Gasteiger partial charge in [-0.25, -0.2) is 4.98 Å². The van der Waals surface area contributed by atoms with Gasteiger partial charge >= 0.3 is 0 Å². The fraction of sp³-hybridized carbons (Fsp3) is 0.111. The number of carbonyl (C=O) groups excluding carboxylic acids is 1.